The fourth-order valence-electron chi connectivity index (χ4n) is 4.01. The molecule has 0 aliphatic carbocycles. The Bertz CT molecular complexity index is 1510. The Morgan fingerprint density at radius 3 is 2.43 bits per heavy atom. The maximum atomic E-state index is 13.3. The molecule has 174 valence electrons. The van der Waals surface area contributed by atoms with Crippen LogP contribution in [0.1, 0.15) is 27.5 Å². The second-order valence-corrected chi connectivity index (χ2v) is 9.20. The highest BCUT2D eigenvalue weighted by atomic mass is 35.5. The van der Waals surface area contributed by atoms with Gasteiger partial charge in [0.25, 0.3) is 5.78 Å². The van der Waals surface area contributed by atoms with Gasteiger partial charge >= 0.3 is 11.9 Å². The van der Waals surface area contributed by atoms with Crippen LogP contribution in [-0.4, -0.2) is 34.9 Å². The lowest BCUT2D eigenvalue weighted by molar-refractivity contribution is -0.132. The number of ketones is 1. The van der Waals surface area contributed by atoms with Gasteiger partial charge in [0.2, 0.25) is 0 Å². The van der Waals surface area contributed by atoms with Crippen LogP contribution in [0.15, 0.2) is 78.4 Å². The Labute approximate surface area is 208 Å². The largest absolute Gasteiger partial charge is 0.507 e. The molecule has 0 bridgehead atoms. The third-order valence-electron chi connectivity index (χ3n) is 5.68. The number of ether oxygens (including phenoxy) is 1. The topological polar surface area (TPSA) is 96.8 Å². The van der Waals surface area contributed by atoms with Crippen molar-refractivity contribution in [2.75, 3.05) is 12.0 Å². The minimum Gasteiger partial charge on any atom is -0.507 e. The van der Waals surface area contributed by atoms with Gasteiger partial charge in [-0.15, -0.1) is 0 Å². The van der Waals surface area contributed by atoms with Crippen molar-refractivity contribution in [1.82, 2.24) is 4.98 Å². The minimum atomic E-state index is -0.960. The van der Waals surface area contributed by atoms with E-state index in [1.807, 2.05) is 0 Å². The maximum Gasteiger partial charge on any atom is 0.337 e. The number of benzene rings is 3. The van der Waals surface area contributed by atoms with Gasteiger partial charge in [-0.3, -0.25) is 14.5 Å². The number of rotatable bonds is 4. The van der Waals surface area contributed by atoms with Crippen molar-refractivity contribution >= 4 is 61.7 Å². The normalized spacial score (nSPS) is 17.2. The number of hydrogen-bond acceptors (Lipinski definition) is 7. The molecule has 1 aromatic heterocycles. The zero-order chi connectivity index (χ0) is 24.7. The quantitative estimate of drug-likeness (QED) is 0.174. The number of amides is 1. The average Bonchev–Trinajstić information content (AvgIpc) is 3.41. The van der Waals surface area contributed by atoms with E-state index in [4.69, 9.17) is 16.3 Å². The molecule has 1 saturated heterocycles. The van der Waals surface area contributed by atoms with Crippen LogP contribution in [0.2, 0.25) is 5.02 Å². The van der Waals surface area contributed by atoms with E-state index < -0.39 is 23.7 Å². The Kier molecular flexibility index (Phi) is 5.84. The number of carbonyl (C=O) groups excluding carboxylic acids is 3. The van der Waals surface area contributed by atoms with Gasteiger partial charge in [0.1, 0.15) is 5.76 Å². The summed E-state index contributed by atoms with van der Waals surface area (Å²) >= 11 is 7.33. The number of fused-ring (bicyclic) bond motifs is 1. The first-order valence-corrected chi connectivity index (χ1v) is 11.7. The Balaban J connectivity index is 1.71. The van der Waals surface area contributed by atoms with Crippen molar-refractivity contribution < 1.29 is 24.2 Å². The first-order chi connectivity index (χ1) is 16.9. The lowest BCUT2D eigenvalue weighted by Crippen LogP contribution is -2.29. The summed E-state index contributed by atoms with van der Waals surface area (Å²) in [5.41, 5.74) is 1.79. The molecule has 2 heterocycles. The number of carbonyl (C=O) groups is 3. The standard InChI is InChI=1S/C26H17ClN2O5S/c1-34-25(33)16-9-7-14(8-10-16)21-20(22(30)15-5-3-2-4-6-15)23(31)24(32)29(21)26-28-18-12-11-17(27)13-19(18)35-26/h2-13,21,30H,1H3. The molecule has 1 fully saturated rings. The number of aliphatic hydroxyl groups is 1. The summed E-state index contributed by atoms with van der Waals surface area (Å²) in [6.07, 6.45) is 0. The zero-order valence-corrected chi connectivity index (χ0v) is 19.8. The smallest absolute Gasteiger partial charge is 0.337 e. The molecule has 3 aromatic carbocycles. The highest BCUT2D eigenvalue weighted by Crippen LogP contribution is 2.44. The van der Waals surface area contributed by atoms with Gasteiger partial charge in [-0.2, -0.15) is 0 Å². The van der Waals surface area contributed by atoms with Crippen LogP contribution >= 0.6 is 22.9 Å². The number of hydrogen-bond donors (Lipinski definition) is 1. The van der Waals surface area contributed by atoms with Crippen LogP contribution in [0.5, 0.6) is 0 Å². The van der Waals surface area contributed by atoms with Gasteiger partial charge in [0.05, 0.1) is 34.5 Å². The molecule has 0 radical (unpaired) electrons. The van der Waals surface area contributed by atoms with Crippen molar-refractivity contribution in [2.24, 2.45) is 0 Å². The number of Topliss-reactive ketones (excluding diaryl/α,β-unsaturated/α-hetero) is 1. The van der Waals surface area contributed by atoms with Crippen LogP contribution in [0.4, 0.5) is 5.13 Å². The van der Waals surface area contributed by atoms with E-state index >= 15 is 0 Å². The van der Waals surface area contributed by atoms with E-state index in [2.05, 4.69) is 4.98 Å². The number of esters is 1. The minimum absolute atomic E-state index is 0.0655. The highest BCUT2D eigenvalue weighted by molar-refractivity contribution is 7.22. The lowest BCUT2D eigenvalue weighted by Gasteiger charge is -2.23. The average molecular weight is 505 g/mol. The number of aromatic nitrogens is 1. The number of aliphatic hydroxyl groups excluding tert-OH is 1. The van der Waals surface area contributed by atoms with Crippen LogP contribution in [0.3, 0.4) is 0 Å². The van der Waals surface area contributed by atoms with Gasteiger partial charge in [-0.05, 0) is 35.9 Å². The van der Waals surface area contributed by atoms with E-state index in [1.54, 1.807) is 72.8 Å². The maximum absolute atomic E-state index is 13.3. The number of halogens is 1. The molecule has 1 atom stereocenters. The molecular formula is C26H17ClN2O5S. The number of anilines is 1. The van der Waals surface area contributed by atoms with E-state index in [9.17, 15) is 19.5 Å². The van der Waals surface area contributed by atoms with Crippen molar-refractivity contribution in [3.05, 3.63) is 100 Å². The monoisotopic (exact) mass is 504 g/mol. The summed E-state index contributed by atoms with van der Waals surface area (Å²) in [5, 5.41) is 11.9. The summed E-state index contributed by atoms with van der Waals surface area (Å²) < 4.78 is 5.51. The van der Waals surface area contributed by atoms with Crippen molar-refractivity contribution in [2.45, 2.75) is 6.04 Å². The molecule has 0 spiro atoms. The van der Waals surface area contributed by atoms with E-state index in [0.29, 0.717) is 32.4 Å². The van der Waals surface area contributed by atoms with Gasteiger partial charge < -0.3 is 9.84 Å². The first-order valence-electron chi connectivity index (χ1n) is 10.5. The van der Waals surface area contributed by atoms with Gasteiger partial charge in [0, 0.05) is 10.6 Å². The Morgan fingerprint density at radius 2 is 1.74 bits per heavy atom. The Hall–Kier alpha value is -4.01. The van der Waals surface area contributed by atoms with Crippen molar-refractivity contribution in [3.63, 3.8) is 0 Å². The van der Waals surface area contributed by atoms with E-state index in [1.165, 1.54) is 23.3 Å². The fraction of sp³-hybridized carbons (Fsp3) is 0.0769. The van der Waals surface area contributed by atoms with Crippen molar-refractivity contribution in [1.29, 1.82) is 0 Å². The van der Waals surface area contributed by atoms with E-state index in [0.717, 1.165) is 4.70 Å². The van der Waals surface area contributed by atoms with Gasteiger partial charge in [-0.25, -0.2) is 9.78 Å². The molecule has 35 heavy (non-hydrogen) atoms. The Morgan fingerprint density at radius 1 is 1.03 bits per heavy atom. The predicted octanol–water partition coefficient (Wildman–Crippen LogP) is 5.36. The lowest BCUT2D eigenvalue weighted by atomic mass is 9.95. The molecular weight excluding hydrogens is 488 g/mol. The summed E-state index contributed by atoms with van der Waals surface area (Å²) in [6.45, 7) is 0. The van der Waals surface area contributed by atoms with Crippen LogP contribution in [-0.2, 0) is 14.3 Å². The molecule has 0 saturated carbocycles. The molecule has 1 amide bonds. The summed E-state index contributed by atoms with van der Waals surface area (Å²) in [4.78, 5) is 44.3. The van der Waals surface area contributed by atoms with Gasteiger partial charge in [-0.1, -0.05) is 65.4 Å². The summed E-state index contributed by atoms with van der Waals surface area (Å²) in [7, 11) is 1.28. The second-order valence-electron chi connectivity index (χ2n) is 7.76. The molecule has 7 nitrogen and oxygen atoms in total. The number of methoxy groups -OCH3 is 1. The molecule has 4 aromatic rings. The summed E-state index contributed by atoms with van der Waals surface area (Å²) in [6, 6.07) is 19.1. The third-order valence-corrected chi connectivity index (χ3v) is 6.94. The van der Waals surface area contributed by atoms with Crippen LogP contribution in [0, 0.1) is 0 Å². The number of thiazole rings is 1. The second kappa shape index (κ2) is 8.98. The molecule has 1 aliphatic heterocycles. The number of nitrogens with zero attached hydrogens (tertiary/aromatic N) is 2. The molecule has 1 unspecified atom stereocenters. The van der Waals surface area contributed by atoms with Crippen LogP contribution < -0.4 is 4.90 Å². The van der Waals surface area contributed by atoms with Gasteiger partial charge in [0.15, 0.2) is 5.13 Å². The highest BCUT2D eigenvalue weighted by Gasteiger charge is 2.48. The third kappa shape index (κ3) is 3.96. The predicted molar refractivity (Wildman–Crippen MR) is 134 cm³/mol. The van der Waals surface area contributed by atoms with Crippen LogP contribution in [0.25, 0.3) is 16.0 Å². The van der Waals surface area contributed by atoms with E-state index in [-0.39, 0.29) is 11.3 Å². The molecule has 1 aliphatic rings. The molecule has 5 rings (SSSR count). The SMILES string of the molecule is COC(=O)c1ccc(C2C(=C(O)c3ccccc3)C(=O)C(=O)N2c2nc3ccc(Cl)cc3s2)cc1. The summed E-state index contributed by atoms with van der Waals surface area (Å²) in [5.74, 6) is -2.45. The fourth-order valence-corrected chi connectivity index (χ4v) is 5.27. The van der Waals surface area contributed by atoms with Crippen molar-refractivity contribution in [3.8, 4) is 0 Å². The molecule has 1 N–H and O–H groups in total. The first kappa shape index (κ1) is 22.8. The zero-order valence-electron chi connectivity index (χ0n) is 18.3. The molecule has 9 heteroatoms.